The van der Waals surface area contributed by atoms with E-state index in [0.29, 0.717) is 43.9 Å². The zero-order valence-electron chi connectivity index (χ0n) is 15.8. The molecule has 0 spiro atoms. The maximum atomic E-state index is 12.7. The lowest BCUT2D eigenvalue weighted by Gasteiger charge is -2.34. The van der Waals surface area contributed by atoms with Crippen molar-refractivity contribution in [3.63, 3.8) is 0 Å². The number of carbonyl (C=O) groups is 2. The van der Waals surface area contributed by atoms with Crippen LogP contribution in [0, 0.1) is 0 Å². The summed E-state index contributed by atoms with van der Waals surface area (Å²) in [4.78, 5) is 28.8. The summed E-state index contributed by atoms with van der Waals surface area (Å²) in [7, 11) is 0. The van der Waals surface area contributed by atoms with E-state index in [1.807, 2.05) is 64.4 Å². The molecular weight excluding hydrogens is 340 g/mol. The fourth-order valence-corrected chi connectivity index (χ4v) is 3.09. The molecule has 0 bridgehead atoms. The zero-order valence-corrected chi connectivity index (χ0v) is 15.8. The van der Waals surface area contributed by atoms with Crippen LogP contribution < -0.4 is 4.74 Å². The molecule has 0 aliphatic carbocycles. The Hall–Kier alpha value is -2.82. The van der Waals surface area contributed by atoms with Crippen molar-refractivity contribution in [2.24, 2.45) is 0 Å². The molecule has 2 amide bonds. The number of hydrogen-bond acceptors (Lipinski definition) is 3. The summed E-state index contributed by atoms with van der Waals surface area (Å²) >= 11 is 0. The molecule has 3 rings (SSSR count). The van der Waals surface area contributed by atoms with Crippen LogP contribution in [0.1, 0.15) is 40.5 Å². The lowest BCUT2D eigenvalue weighted by Crippen LogP contribution is -2.50. The number of piperazine rings is 1. The number of unbranched alkanes of at least 4 members (excludes halogenated alkanes) is 1. The molecule has 1 aliphatic rings. The van der Waals surface area contributed by atoms with Gasteiger partial charge < -0.3 is 14.5 Å². The first-order chi connectivity index (χ1) is 13.2. The Morgan fingerprint density at radius 2 is 1.33 bits per heavy atom. The highest BCUT2D eigenvalue weighted by atomic mass is 16.5. The molecule has 1 aliphatic heterocycles. The first-order valence-electron chi connectivity index (χ1n) is 9.55. The Bertz CT molecular complexity index is 751. The molecule has 0 saturated carbocycles. The van der Waals surface area contributed by atoms with E-state index < -0.39 is 0 Å². The van der Waals surface area contributed by atoms with Crippen LogP contribution in [-0.2, 0) is 0 Å². The minimum atomic E-state index is 0.00178. The average Bonchev–Trinajstić information content (AvgIpc) is 2.74. The molecule has 0 unspecified atom stereocenters. The van der Waals surface area contributed by atoms with Crippen LogP contribution >= 0.6 is 0 Å². The topological polar surface area (TPSA) is 49.9 Å². The number of nitrogens with zero attached hydrogens (tertiary/aromatic N) is 2. The monoisotopic (exact) mass is 366 g/mol. The molecule has 2 aromatic rings. The summed E-state index contributed by atoms with van der Waals surface area (Å²) in [5.41, 5.74) is 1.34. The molecule has 2 aromatic carbocycles. The van der Waals surface area contributed by atoms with Gasteiger partial charge in [0.15, 0.2) is 0 Å². The van der Waals surface area contributed by atoms with Crippen LogP contribution in [0.25, 0.3) is 0 Å². The second-order valence-electron chi connectivity index (χ2n) is 6.68. The molecule has 1 fully saturated rings. The standard InChI is InChI=1S/C22H26N2O3/c1-2-3-17-27-20-11-9-19(10-12-20)22(26)24-15-13-23(14-16-24)21(25)18-7-5-4-6-8-18/h4-12H,2-3,13-17H2,1H3. The van der Waals surface area contributed by atoms with Gasteiger partial charge in [-0.3, -0.25) is 9.59 Å². The van der Waals surface area contributed by atoms with Crippen LogP contribution in [-0.4, -0.2) is 54.4 Å². The van der Waals surface area contributed by atoms with Crippen molar-refractivity contribution >= 4 is 11.8 Å². The van der Waals surface area contributed by atoms with E-state index in [-0.39, 0.29) is 11.8 Å². The fraction of sp³-hybridized carbons (Fsp3) is 0.364. The van der Waals surface area contributed by atoms with Crippen LogP contribution in [0.3, 0.4) is 0 Å². The third kappa shape index (κ3) is 4.88. The van der Waals surface area contributed by atoms with Crippen molar-refractivity contribution in [3.8, 4) is 5.75 Å². The molecule has 5 nitrogen and oxygen atoms in total. The molecule has 0 atom stereocenters. The lowest BCUT2D eigenvalue weighted by atomic mass is 10.1. The molecular formula is C22H26N2O3. The Kier molecular flexibility index (Phi) is 6.47. The van der Waals surface area contributed by atoms with Crippen molar-refractivity contribution < 1.29 is 14.3 Å². The van der Waals surface area contributed by atoms with Crippen LogP contribution in [0.15, 0.2) is 54.6 Å². The summed E-state index contributed by atoms with van der Waals surface area (Å²) in [5, 5.41) is 0. The Labute approximate surface area is 160 Å². The Morgan fingerprint density at radius 1 is 0.815 bits per heavy atom. The van der Waals surface area contributed by atoms with Crippen LogP contribution in [0.5, 0.6) is 5.75 Å². The first-order valence-corrected chi connectivity index (χ1v) is 9.55. The molecule has 27 heavy (non-hydrogen) atoms. The molecule has 1 saturated heterocycles. The molecule has 1 heterocycles. The van der Waals surface area contributed by atoms with Gasteiger partial charge in [0.1, 0.15) is 5.75 Å². The van der Waals surface area contributed by atoms with E-state index in [1.165, 1.54) is 0 Å². The molecule has 5 heteroatoms. The van der Waals surface area contributed by atoms with Gasteiger partial charge in [-0.05, 0) is 42.8 Å². The number of benzene rings is 2. The number of amides is 2. The first kappa shape index (κ1) is 19.0. The predicted molar refractivity (Wildman–Crippen MR) is 105 cm³/mol. The van der Waals surface area contributed by atoms with Gasteiger partial charge in [-0.25, -0.2) is 0 Å². The predicted octanol–water partition coefficient (Wildman–Crippen LogP) is 3.46. The quantitative estimate of drug-likeness (QED) is 0.736. The largest absolute Gasteiger partial charge is 0.494 e. The minimum Gasteiger partial charge on any atom is -0.494 e. The van der Waals surface area contributed by atoms with Crippen molar-refractivity contribution in [1.82, 2.24) is 9.80 Å². The molecule has 0 radical (unpaired) electrons. The van der Waals surface area contributed by atoms with Gasteiger partial charge in [0, 0.05) is 37.3 Å². The summed E-state index contributed by atoms with van der Waals surface area (Å²) in [5.74, 6) is 0.816. The van der Waals surface area contributed by atoms with E-state index in [4.69, 9.17) is 4.74 Å². The highest BCUT2D eigenvalue weighted by Gasteiger charge is 2.25. The van der Waals surface area contributed by atoms with E-state index in [1.54, 1.807) is 0 Å². The molecule has 0 N–H and O–H groups in total. The summed E-state index contributed by atoms with van der Waals surface area (Å²) in [6.07, 6.45) is 2.11. The van der Waals surface area contributed by atoms with Gasteiger partial charge in [-0.1, -0.05) is 31.5 Å². The van der Waals surface area contributed by atoms with Gasteiger partial charge in [0.2, 0.25) is 0 Å². The SMILES string of the molecule is CCCCOc1ccc(C(=O)N2CCN(C(=O)c3ccccc3)CC2)cc1. The van der Waals surface area contributed by atoms with Gasteiger partial charge >= 0.3 is 0 Å². The fourth-order valence-electron chi connectivity index (χ4n) is 3.09. The van der Waals surface area contributed by atoms with E-state index in [9.17, 15) is 9.59 Å². The maximum Gasteiger partial charge on any atom is 0.253 e. The zero-order chi connectivity index (χ0) is 19.1. The Morgan fingerprint density at radius 3 is 1.85 bits per heavy atom. The lowest BCUT2D eigenvalue weighted by molar-refractivity contribution is 0.0535. The molecule has 0 aromatic heterocycles. The number of carbonyl (C=O) groups excluding carboxylic acids is 2. The van der Waals surface area contributed by atoms with Crippen LogP contribution in [0.2, 0.25) is 0 Å². The summed E-state index contributed by atoms with van der Waals surface area (Å²) in [6.45, 7) is 5.02. The highest BCUT2D eigenvalue weighted by Crippen LogP contribution is 2.16. The minimum absolute atomic E-state index is 0.00178. The van der Waals surface area contributed by atoms with Gasteiger partial charge in [-0.15, -0.1) is 0 Å². The van der Waals surface area contributed by atoms with E-state index >= 15 is 0 Å². The van der Waals surface area contributed by atoms with Gasteiger partial charge in [0.25, 0.3) is 11.8 Å². The van der Waals surface area contributed by atoms with Crippen molar-refractivity contribution in [3.05, 3.63) is 65.7 Å². The smallest absolute Gasteiger partial charge is 0.253 e. The second-order valence-corrected chi connectivity index (χ2v) is 6.68. The summed E-state index contributed by atoms with van der Waals surface area (Å²) in [6, 6.07) is 16.6. The summed E-state index contributed by atoms with van der Waals surface area (Å²) < 4.78 is 5.64. The number of rotatable bonds is 6. The number of hydrogen-bond donors (Lipinski definition) is 0. The van der Waals surface area contributed by atoms with Gasteiger partial charge in [0.05, 0.1) is 6.61 Å². The van der Waals surface area contributed by atoms with E-state index in [2.05, 4.69) is 6.92 Å². The van der Waals surface area contributed by atoms with Crippen molar-refractivity contribution in [1.29, 1.82) is 0 Å². The van der Waals surface area contributed by atoms with Crippen LogP contribution in [0.4, 0.5) is 0 Å². The highest BCUT2D eigenvalue weighted by molar-refractivity contribution is 5.96. The normalized spacial score (nSPS) is 14.1. The maximum absolute atomic E-state index is 12.7. The van der Waals surface area contributed by atoms with E-state index in [0.717, 1.165) is 18.6 Å². The Balaban J connectivity index is 1.53. The third-order valence-corrected chi connectivity index (χ3v) is 4.74. The second kappa shape index (κ2) is 9.21. The molecule has 142 valence electrons. The van der Waals surface area contributed by atoms with Gasteiger partial charge in [-0.2, -0.15) is 0 Å². The van der Waals surface area contributed by atoms with Crippen molar-refractivity contribution in [2.45, 2.75) is 19.8 Å². The van der Waals surface area contributed by atoms with Crippen molar-refractivity contribution in [2.75, 3.05) is 32.8 Å². The number of ether oxygens (including phenoxy) is 1. The average molecular weight is 366 g/mol. The third-order valence-electron chi connectivity index (χ3n) is 4.74.